The molecule has 0 spiro atoms. The van der Waals surface area contributed by atoms with Crippen LogP contribution in [0.3, 0.4) is 0 Å². The van der Waals surface area contributed by atoms with Crippen molar-refractivity contribution >= 4 is 21.6 Å². The highest BCUT2D eigenvalue weighted by molar-refractivity contribution is 7.89. The fourth-order valence-corrected chi connectivity index (χ4v) is 3.57. The molecule has 0 atom stereocenters. The summed E-state index contributed by atoms with van der Waals surface area (Å²) in [7, 11) is -2.02. The summed E-state index contributed by atoms with van der Waals surface area (Å²) in [6.45, 7) is 3.79. The summed E-state index contributed by atoms with van der Waals surface area (Å²) in [5.41, 5.74) is 1.17. The largest absolute Gasteiger partial charge is 0.495 e. The topological polar surface area (TPSA) is 93.7 Å². The first-order chi connectivity index (χ1) is 12.9. The lowest BCUT2D eigenvalue weighted by atomic mass is 10.2. The van der Waals surface area contributed by atoms with Crippen LogP contribution < -0.4 is 19.5 Å². The number of benzene rings is 2. The normalized spacial score (nSPS) is 11.1. The van der Waals surface area contributed by atoms with Gasteiger partial charge in [0.15, 0.2) is 6.61 Å². The average Bonchev–Trinajstić information content (AvgIpc) is 2.65. The van der Waals surface area contributed by atoms with Crippen LogP contribution >= 0.6 is 0 Å². The number of carbonyl (C=O) groups is 1. The maximum absolute atomic E-state index is 12.2. The number of anilines is 1. The van der Waals surface area contributed by atoms with Gasteiger partial charge in [-0.05, 0) is 49.2 Å². The van der Waals surface area contributed by atoms with Gasteiger partial charge in [0.1, 0.15) is 11.5 Å². The highest BCUT2D eigenvalue weighted by Gasteiger charge is 2.15. The molecule has 146 valence electrons. The number of carbonyl (C=O) groups excluding carboxylic acids is 1. The van der Waals surface area contributed by atoms with Crippen LogP contribution in [-0.2, 0) is 14.8 Å². The maximum atomic E-state index is 12.2. The van der Waals surface area contributed by atoms with E-state index in [0.29, 0.717) is 35.7 Å². The quantitative estimate of drug-likeness (QED) is 0.684. The summed E-state index contributed by atoms with van der Waals surface area (Å²) in [6, 6.07) is 11.6. The Morgan fingerprint density at radius 1 is 1.11 bits per heavy atom. The second kappa shape index (κ2) is 9.38. The summed E-state index contributed by atoms with van der Waals surface area (Å²) in [4.78, 5) is 12.3. The number of methoxy groups -OCH3 is 1. The Labute approximate surface area is 159 Å². The van der Waals surface area contributed by atoms with Gasteiger partial charge in [-0.2, -0.15) is 0 Å². The second-order valence-electron chi connectivity index (χ2n) is 5.86. The van der Waals surface area contributed by atoms with E-state index in [9.17, 15) is 13.2 Å². The molecule has 0 heterocycles. The monoisotopic (exact) mass is 392 g/mol. The molecule has 0 fully saturated rings. The minimum absolute atomic E-state index is 0.166. The van der Waals surface area contributed by atoms with E-state index in [-0.39, 0.29) is 17.4 Å². The molecule has 2 aromatic rings. The zero-order valence-electron chi connectivity index (χ0n) is 15.6. The van der Waals surface area contributed by atoms with Crippen LogP contribution in [0.2, 0.25) is 0 Å². The molecule has 0 aliphatic rings. The molecule has 0 radical (unpaired) electrons. The molecule has 0 saturated carbocycles. The Bertz CT molecular complexity index is 897. The Kier molecular flexibility index (Phi) is 7.20. The first kappa shape index (κ1) is 20.7. The van der Waals surface area contributed by atoms with Crippen LogP contribution in [0, 0.1) is 6.92 Å². The third-order valence-electron chi connectivity index (χ3n) is 3.74. The molecule has 0 aliphatic carbocycles. The van der Waals surface area contributed by atoms with Gasteiger partial charge in [-0.25, -0.2) is 13.1 Å². The highest BCUT2D eigenvalue weighted by Crippen LogP contribution is 2.24. The van der Waals surface area contributed by atoms with E-state index >= 15 is 0 Å². The van der Waals surface area contributed by atoms with Crippen molar-refractivity contribution in [2.24, 2.45) is 0 Å². The van der Waals surface area contributed by atoms with Gasteiger partial charge in [-0.15, -0.1) is 0 Å². The van der Waals surface area contributed by atoms with Crippen LogP contribution in [0.5, 0.6) is 11.5 Å². The maximum Gasteiger partial charge on any atom is 0.262 e. The Morgan fingerprint density at radius 3 is 2.52 bits per heavy atom. The molecule has 2 aromatic carbocycles. The van der Waals surface area contributed by atoms with E-state index in [0.717, 1.165) is 0 Å². The predicted octanol–water partition coefficient (Wildman–Crippen LogP) is 2.71. The Hall–Kier alpha value is -2.58. The smallest absolute Gasteiger partial charge is 0.262 e. The number of para-hydroxylation sites is 2. The molecule has 0 unspecified atom stereocenters. The average molecular weight is 392 g/mol. The standard InChI is InChI=1S/C19H24N2O5S/c1-4-11-20-27(23,24)15-9-10-17(14(2)12-15)26-13-19(22)21-16-7-5-6-8-18(16)25-3/h5-10,12,20H,4,11,13H2,1-3H3,(H,21,22). The second-order valence-corrected chi connectivity index (χ2v) is 7.63. The number of aryl methyl sites for hydroxylation is 1. The SMILES string of the molecule is CCCNS(=O)(=O)c1ccc(OCC(=O)Nc2ccccc2OC)c(C)c1. The molecule has 0 bridgehead atoms. The molecular formula is C19H24N2O5S. The van der Waals surface area contributed by atoms with E-state index < -0.39 is 10.0 Å². The van der Waals surface area contributed by atoms with Gasteiger partial charge in [-0.1, -0.05) is 19.1 Å². The van der Waals surface area contributed by atoms with Gasteiger partial charge in [0.05, 0.1) is 17.7 Å². The van der Waals surface area contributed by atoms with E-state index in [4.69, 9.17) is 9.47 Å². The molecule has 0 aliphatic heterocycles. The summed E-state index contributed by atoms with van der Waals surface area (Å²) in [5, 5.41) is 2.72. The highest BCUT2D eigenvalue weighted by atomic mass is 32.2. The van der Waals surface area contributed by atoms with Gasteiger partial charge in [0.2, 0.25) is 10.0 Å². The summed E-state index contributed by atoms with van der Waals surface area (Å²) in [5.74, 6) is 0.649. The zero-order valence-corrected chi connectivity index (χ0v) is 16.4. The van der Waals surface area contributed by atoms with Gasteiger partial charge < -0.3 is 14.8 Å². The van der Waals surface area contributed by atoms with Crippen LogP contribution in [0.4, 0.5) is 5.69 Å². The molecule has 7 nitrogen and oxygen atoms in total. The first-order valence-corrected chi connectivity index (χ1v) is 10.0. The van der Waals surface area contributed by atoms with Crippen molar-refractivity contribution in [1.29, 1.82) is 0 Å². The molecule has 1 amide bonds. The van der Waals surface area contributed by atoms with Crippen molar-refractivity contribution in [3.63, 3.8) is 0 Å². The molecular weight excluding hydrogens is 368 g/mol. The van der Waals surface area contributed by atoms with E-state index in [1.54, 1.807) is 37.3 Å². The lowest BCUT2D eigenvalue weighted by Crippen LogP contribution is -2.24. The molecule has 0 aromatic heterocycles. The fourth-order valence-electron chi connectivity index (χ4n) is 2.35. The molecule has 0 saturated heterocycles. The molecule has 8 heteroatoms. The minimum atomic E-state index is -3.54. The number of hydrogen-bond donors (Lipinski definition) is 2. The van der Waals surface area contributed by atoms with Crippen molar-refractivity contribution in [2.75, 3.05) is 25.6 Å². The first-order valence-electron chi connectivity index (χ1n) is 8.53. The van der Waals surface area contributed by atoms with Crippen LogP contribution in [0.1, 0.15) is 18.9 Å². The molecule has 27 heavy (non-hydrogen) atoms. The van der Waals surface area contributed by atoms with Gasteiger partial charge >= 0.3 is 0 Å². The van der Waals surface area contributed by atoms with E-state index in [1.807, 2.05) is 6.92 Å². The fraction of sp³-hybridized carbons (Fsp3) is 0.316. The Morgan fingerprint density at radius 2 is 1.85 bits per heavy atom. The van der Waals surface area contributed by atoms with Crippen molar-refractivity contribution in [2.45, 2.75) is 25.2 Å². The van der Waals surface area contributed by atoms with Crippen LogP contribution in [0.25, 0.3) is 0 Å². The van der Waals surface area contributed by atoms with Crippen LogP contribution in [-0.4, -0.2) is 34.6 Å². The number of rotatable bonds is 9. The summed E-state index contributed by atoms with van der Waals surface area (Å²) < 4.78 is 37.5. The van der Waals surface area contributed by atoms with E-state index in [2.05, 4.69) is 10.0 Å². The van der Waals surface area contributed by atoms with Crippen molar-refractivity contribution in [1.82, 2.24) is 4.72 Å². The third kappa shape index (κ3) is 5.70. The summed E-state index contributed by atoms with van der Waals surface area (Å²) >= 11 is 0. The van der Waals surface area contributed by atoms with E-state index in [1.165, 1.54) is 19.2 Å². The van der Waals surface area contributed by atoms with Crippen molar-refractivity contribution < 1.29 is 22.7 Å². The summed E-state index contributed by atoms with van der Waals surface area (Å²) in [6.07, 6.45) is 0.709. The third-order valence-corrected chi connectivity index (χ3v) is 5.20. The lowest BCUT2D eigenvalue weighted by molar-refractivity contribution is -0.118. The number of amides is 1. The van der Waals surface area contributed by atoms with Gasteiger partial charge in [0.25, 0.3) is 5.91 Å². The van der Waals surface area contributed by atoms with Crippen molar-refractivity contribution in [3.05, 3.63) is 48.0 Å². The van der Waals surface area contributed by atoms with Crippen molar-refractivity contribution in [3.8, 4) is 11.5 Å². The van der Waals surface area contributed by atoms with Gasteiger partial charge in [-0.3, -0.25) is 4.79 Å². The number of nitrogens with one attached hydrogen (secondary N) is 2. The lowest BCUT2D eigenvalue weighted by Gasteiger charge is -2.13. The predicted molar refractivity (Wildman–Crippen MR) is 104 cm³/mol. The number of sulfonamides is 1. The molecule has 2 N–H and O–H groups in total. The number of hydrogen-bond acceptors (Lipinski definition) is 5. The Balaban J connectivity index is 2.00. The zero-order chi connectivity index (χ0) is 19.9. The molecule has 2 rings (SSSR count). The number of ether oxygens (including phenoxy) is 2. The van der Waals surface area contributed by atoms with Gasteiger partial charge in [0, 0.05) is 6.54 Å². The minimum Gasteiger partial charge on any atom is -0.495 e. The van der Waals surface area contributed by atoms with Crippen LogP contribution in [0.15, 0.2) is 47.4 Å².